The van der Waals surface area contributed by atoms with Crippen LogP contribution in [0.5, 0.6) is 11.5 Å². The number of rotatable bonds is 3. The predicted octanol–water partition coefficient (Wildman–Crippen LogP) is 1.72. The Kier molecular flexibility index (Phi) is 4.23. The Morgan fingerprint density at radius 3 is 2.35 bits per heavy atom. The Hall–Kier alpha value is -2.18. The molecule has 0 radical (unpaired) electrons. The van der Waals surface area contributed by atoms with E-state index in [2.05, 4.69) is 4.90 Å². The SMILES string of the molecule is O=S1(=O)c2ccccc2S(=O)(=O)N1[C@@H]1CC[C@@]2(O)[C@H]3Cc4ccc(O)c5c4[C@@]2(CCN3CC2CC2)[C@H]1O5. The highest BCUT2D eigenvalue weighted by molar-refractivity contribution is 8.06. The van der Waals surface area contributed by atoms with E-state index in [1.807, 2.05) is 6.07 Å². The van der Waals surface area contributed by atoms with Crippen molar-refractivity contribution in [3.8, 4) is 11.5 Å². The van der Waals surface area contributed by atoms with Gasteiger partial charge >= 0.3 is 0 Å². The maximum absolute atomic E-state index is 13.7. The molecule has 11 heteroatoms. The Labute approximate surface area is 215 Å². The number of ether oxygens (including phenoxy) is 1. The van der Waals surface area contributed by atoms with Gasteiger partial charge in [-0.25, -0.2) is 16.8 Å². The largest absolute Gasteiger partial charge is 0.504 e. The number of benzene rings is 2. The van der Waals surface area contributed by atoms with Crippen molar-refractivity contribution < 1.29 is 31.8 Å². The lowest BCUT2D eigenvalue weighted by Gasteiger charge is -2.64. The van der Waals surface area contributed by atoms with Gasteiger partial charge in [0.25, 0.3) is 20.0 Å². The summed E-state index contributed by atoms with van der Waals surface area (Å²) in [7, 11) is -8.71. The van der Waals surface area contributed by atoms with E-state index in [9.17, 15) is 27.0 Å². The lowest BCUT2D eigenvalue weighted by Crippen LogP contribution is -2.78. The molecule has 2 bridgehead atoms. The molecule has 2 N–H and O–H groups in total. The summed E-state index contributed by atoms with van der Waals surface area (Å²) in [6.07, 6.45) is 2.93. The summed E-state index contributed by atoms with van der Waals surface area (Å²) >= 11 is 0. The first kappa shape index (κ1) is 22.8. The van der Waals surface area contributed by atoms with Crippen LogP contribution in [-0.4, -0.2) is 72.5 Å². The van der Waals surface area contributed by atoms with Crippen LogP contribution < -0.4 is 4.74 Å². The molecule has 3 aliphatic heterocycles. The molecular weight excluding hydrogens is 516 g/mol. The molecule has 5 atom stereocenters. The number of piperidine rings is 1. The average molecular weight is 545 g/mol. The zero-order chi connectivity index (χ0) is 25.5. The zero-order valence-corrected chi connectivity index (χ0v) is 21.7. The molecule has 0 unspecified atom stereocenters. The molecule has 196 valence electrons. The second-order valence-electron chi connectivity index (χ2n) is 11.6. The van der Waals surface area contributed by atoms with Crippen LogP contribution in [0.15, 0.2) is 46.2 Å². The highest BCUT2D eigenvalue weighted by atomic mass is 32.3. The van der Waals surface area contributed by atoms with Crippen molar-refractivity contribution in [3.63, 3.8) is 0 Å². The standard InChI is InChI=1S/C26H28N2O7S2/c29-18-8-7-16-13-21-26(30)10-9-17(28-36(31,32)19-3-1-2-4-20(19)37(28,33)34)24-25(26,22(16)23(18)35-24)11-12-27(21)14-15-5-6-15/h1-4,7-8,15,17,21,24,29-30H,5-6,9-14H2/t17-,21-,24+,25+,26-/m1/s1. The van der Waals surface area contributed by atoms with Crippen LogP contribution in [0.4, 0.5) is 0 Å². The summed E-state index contributed by atoms with van der Waals surface area (Å²) in [5.41, 5.74) is -0.532. The zero-order valence-electron chi connectivity index (χ0n) is 20.1. The third kappa shape index (κ3) is 2.55. The van der Waals surface area contributed by atoms with Crippen LogP contribution in [0.2, 0.25) is 0 Å². The van der Waals surface area contributed by atoms with Crippen LogP contribution in [0.25, 0.3) is 0 Å². The summed E-state index contributed by atoms with van der Waals surface area (Å²) in [5.74, 6) is 0.825. The second kappa shape index (κ2) is 6.87. The first-order valence-corrected chi connectivity index (χ1v) is 15.9. The number of fused-ring (bicyclic) bond motifs is 1. The van der Waals surface area contributed by atoms with Crippen molar-refractivity contribution in [2.24, 2.45) is 5.92 Å². The summed E-state index contributed by atoms with van der Waals surface area (Å²) < 4.78 is 61.8. The van der Waals surface area contributed by atoms with Gasteiger partial charge in [0.05, 0.1) is 17.1 Å². The number of hydrogen-bond donors (Lipinski definition) is 2. The Morgan fingerprint density at radius 1 is 0.973 bits per heavy atom. The van der Waals surface area contributed by atoms with E-state index >= 15 is 0 Å². The number of sulfonamides is 2. The molecule has 2 aromatic rings. The maximum Gasteiger partial charge on any atom is 0.258 e. The van der Waals surface area contributed by atoms with Crippen molar-refractivity contribution in [1.82, 2.24) is 8.61 Å². The van der Waals surface area contributed by atoms with Crippen LogP contribution in [-0.2, 0) is 31.9 Å². The number of phenols is 1. The van der Waals surface area contributed by atoms with Gasteiger partial charge < -0.3 is 14.9 Å². The van der Waals surface area contributed by atoms with Gasteiger partial charge in [-0.1, -0.05) is 21.9 Å². The van der Waals surface area contributed by atoms with E-state index in [-0.39, 0.29) is 40.2 Å². The molecule has 2 saturated carbocycles. The number of hydrogen-bond acceptors (Lipinski definition) is 8. The molecular formula is C26H28N2O7S2. The fourth-order valence-electron chi connectivity index (χ4n) is 8.23. The highest BCUT2D eigenvalue weighted by Gasteiger charge is 2.75. The number of likely N-dealkylation sites (tertiary alicyclic amines) is 1. The lowest BCUT2D eigenvalue weighted by molar-refractivity contribution is -0.193. The van der Waals surface area contributed by atoms with E-state index < -0.39 is 43.2 Å². The van der Waals surface area contributed by atoms with Crippen molar-refractivity contribution in [2.45, 2.75) is 77.5 Å². The highest BCUT2D eigenvalue weighted by Crippen LogP contribution is 2.66. The number of aromatic hydroxyl groups is 1. The topological polar surface area (TPSA) is 124 Å². The summed E-state index contributed by atoms with van der Waals surface area (Å²) in [6, 6.07) is 7.90. The molecule has 2 aromatic carbocycles. The quantitative estimate of drug-likeness (QED) is 0.599. The molecule has 3 heterocycles. The molecule has 3 fully saturated rings. The molecule has 37 heavy (non-hydrogen) atoms. The van der Waals surface area contributed by atoms with Gasteiger partial charge in [-0.15, -0.1) is 0 Å². The van der Waals surface area contributed by atoms with Gasteiger partial charge in [0.1, 0.15) is 15.9 Å². The van der Waals surface area contributed by atoms with Gasteiger partial charge in [-0.3, -0.25) is 4.90 Å². The molecule has 1 saturated heterocycles. The first-order valence-electron chi connectivity index (χ1n) is 13.0. The van der Waals surface area contributed by atoms with Gasteiger partial charge in [-0.2, -0.15) is 0 Å². The van der Waals surface area contributed by atoms with Crippen molar-refractivity contribution in [1.29, 1.82) is 0 Å². The number of phenolic OH excluding ortho intramolecular Hbond substituents is 1. The second-order valence-corrected chi connectivity index (χ2v) is 15.4. The summed E-state index contributed by atoms with van der Waals surface area (Å²) in [6.45, 7) is 1.62. The molecule has 1 spiro atoms. The monoisotopic (exact) mass is 544 g/mol. The van der Waals surface area contributed by atoms with Gasteiger partial charge in [0.2, 0.25) is 0 Å². The Balaban J connectivity index is 1.32. The Bertz CT molecular complexity index is 1530. The maximum atomic E-state index is 13.7. The molecule has 0 aromatic heterocycles. The third-order valence-corrected chi connectivity index (χ3v) is 14.5. The van der Waals surface area contributed by atoms with Gasteiger partial charge in [-0.05, 0) is 74.8 Å². The fourth-order valence-corrected chi connectivity index (χ4v) is 13.1. The minimum absolute atomic E-state index is 0.0714. The van der Waals surface area contributed by atoms with Crippen LogP contribution >= 0.6 is 0 Å². The van der Waals surface area contributed by atoms with Crippen molar-refractivity contribution in [3.05, 3.63) is 47.5 Å². The molecule has 9 nitrogen and oxygen atoms in total. The van der Waals surface area contributed by atoms with Crippen molar-refractivity contribution >= 4 is 20.0 Å². The number of nitrogens with zero attached hydrogens (tertiary/aromatic N) is 2. The van der Waals surface area contributed by atoms with Crippen molar-refractivity contribution in [2.75, 3.05) is 13.1 Å². The van der Waals surface area contributed by atoms with Gasteiger partial charge in [0.15, 0.2) is 11.5 Å². The smallest absolute Gasteiger partial charge is 0.258 e. The molecule has 8 rings (SSSR count). The molecule has 3 aliphatic carbocycles. The normalized spacial score (nSPS) is 38.6. The fraction of sp³-hybridized carbons (Fsp3) is 0.538. The average Bonchev–Trinajstić information content (AvgIpc) is 3.57. The minimum Gasteiger partial charge on any atom is -0.504 e. The van der Waals surface area contributed by atoms with E-state index in [0.717, 1.165) is 17.7 Å². The van der Waals surface area contributed by atoms with E-state index in [0.29, 0.717) is 29.0 Å². The van der Waals surface area contributed by atoms with Crippen LogP contribution in [0.3, 0.4) is 0 Å². The van der Waals surface area contributed by atoms with Crippen LogP contribution in [0.1, 0.15) is 43.2 Å². The van der Waals surface area contributed by atoms with E-state index in [1.54, 1.807) is 6.07 Å². The van der Waals surface area contributed by atoms with Crippen LogP contribution in [0, 0.1) is 5.92 Å². The molecule has 0 amide bonds. The predicted molar refractivity (Wildman–Crippen MR) is 131 cm³/mol. The minimum atomic E-state index is -4.36. The summed E-state index contributed by atoms with van der Waals surface area (Å²) in [4.78, 5) is 1.93. The number of aliphatic hydroxyl groups is 1. The van der Waals surface area contributed by atoms with Gasteiger partial charge in [0, 0.05) is 18.2 Å². The first-order chi connectivity index (χ1) is 17.6. The van der Waals surface area contributed by atoms with E-state index in [1.165, 1.54) is 37.1 Å². The Morgan fingerprint density at radius 2 is 1.68 bits per heavy atom. The molecule has 6 aliphatic rings. The third-order valence-electron chi connectivity index (χ3n) is 9.88. The van der Waals surface area contributed by atoms with E-state index in [4.69, 9.17) is 4.74 Å². The lowest BCUT2D eigenvalue weighted by atomic mass is 9.48. The summed E-state index contributed by atoms with van der Waals surface area (Å²) in [5, 5.41) is 23.4.